The number of likely N-dealkylation sites (N-methyl/N-ethyl adjacent to an activating group) is 3. The maximum Gasteiger partial charge on any atom is 0.122 e. The van der Waals surface area contributed by atoms with Gasteiger partial charge in [-0.2, -0.15) is 0 Å². The van der Waals surface area contributed by atoms with Gasteiger partial charge in [0.15, 0.2) is 0 Å². The van der Waals surface area contributed by atoms with Gasteiger partial charge in [-0.3, -0.25) is 4.90 Å². The molecule has 1 saturated heterocycles. The summed E-state index contributed by atoms with van der Waals surface area (Å²) in [5.41, 5.74) is 3.87. The highest BCUT2D eigenvalue weighted by atomic mass is 16.5. The Balaban J connectivity index is 2.34. The molecule has 2 atom stereocenters. The third-order valence-electron chi connectivity index (χ3n) is 4.71. The molecule has 1 N–H and O–H groups in total. The molecule has 0 spiro atoms. The lowest BCUT2D eigenvalue weighted by molar-refractivity contribution is 0.0895. The molecule has 21 heavy (non-hydrogen) atoms. The maximum atomic E-state index is 5.44. The van der Waals surface area contributed by atoms with E-state index in [9.17, 15) is 0 Å². The first-order chi connectivity index (χ1) is 9.97. The van der Waals surface area contributed by atoms with Crippen LogP contribution >= 0.6 is 0 Å². The minimum absolute atomic E-state index is 0.336. The van der Waals surface area contributed by atoms with Crippen molar-refractivity contribution in [2.45, 2.75) is 25.9 Å². The van der Waals surface area contributed by atoms with E-state index in [0.717, 1.165) is 25.4 Å². The molecule has 0 amide bonds. The molecular formula is C17H29N3O. The van der Waals surface area contributed by atoms with Crippen LogP contribution in [0.25, 0.3) is 0 Å². The van der Waals surface area contributed by atoms with Crippen molar-refractivity contribution < 1.29 is 4.74 Å². The van der Waals surface area contributed by atoms with Gasteiger partial charge in [0, 0.05) is 31.7 Å². The second kappa shape index (κ2) is 6.77. The van der Waals surface area contributed by atoms with Crippen LogP contribution in [-0.2, 0) is 0 Å². The summed E-state index contributed by atoms with van der Waals surface area (Å²) in [6, 6.07) is 5.25. The molecule has 4 nitrogen and oxygen atoms in total. The minimum atomic E-state index is 0.336. The van der Waals surface area contributed by atoms with Gasteiger partial charge in [-0.25, -0.2) is 0 Å². The quantitative estimate of drug-likeness (QED) is 0.916. The van der Waals surface area contributed by atoms with E-state index in [0.29, 0.717) is 12.1 Å². The number of hydrogen-bond acceptors (Lipinski definition) is 4. The van der Waals surface area contributed by atoms with Crippen LogP contribution in [0.5, 0.6) is 5.75 Å². The second-order valence-electron chi connectivity index (χ2n) is 6.25. The van der Waals surface area contributed by atoms with Gasteiger partial charge in [0.25, 0.3) is 0 Å². The topological polar surface area (TPSA) is 27.7 Å². The van der Waals surface area contributed by atoms with E-state index in [4.69, 9.17) is 4.74 Å². The van der Waals surface area contributed by atoms with E-state index in [1.165, 1.54) is 16.7 Å². The number of benzene rings is 1. The first kappa shape index (κ1) is 16.3. The van der Waals surface area contributed by atoms with Crippen molar-refractivity contribution in [2.24, 2.45) is 0 Å². The third-order valence-corrected chi connectivity index (χ3v) is 4.71. The number of hydrogen-bond donors (Lipinski definition) is 1. The lowest BCUT2D eigenvalue weighted by Crippen LogP contribution is -2.54. The number of aryl methyl sites for hydroxylation is 2. The standard InChI is InChI=1S/C17H29N3O/c1-12-10-16(21-6)13(2)9-14(12)17(18-3)15-11-19(4)7-8-20(15)5/h9-10,15,17-18H,7-8,11H2,1-6H3. The molecule has 0 bridgehead atoms. The Bertz CT molecular complexity index is 489. The van der Waals surface area contributed by atoms with Crippen LogP contribution in [-0.4, -0.2) is 63.7 Å². The van der Waals surface area contributed by atoms with Gasteiger partial charge in [-0.1, -0.05) is 6.07 Å². The lowest BCUT2D eigenvalue weighted by atomic mass is 9.91. The largest absolute Gasteiger partial charge is 0.496 e. The Morgan fingerprint density at radius 2 is 1.90 bits per heavy atom. The molecule has 0 aromatic heterocycles. The fourth-order valence-corrected chi connectivity index (χ4v) is 3.33. The molecule has 118 valence electrons. The summed E-state index contributed by atoms with van der Waals surface area (Å²) in [4.78, 5) is 4.89. The predicted molar refractivity (Wildman–Crippen MR) is 88.2 cm³/mol. The average Bonchev–Trinajstić information content (AvgIpc) is 2.46. The number of nitrogens with one attached hydrogen (secondary N) is 1. The maximum absolute atomic E-state index is 5.44. The lowest BCUT2D eigenvalue weighted by Gasteiger charge is -2.42. The molecule has 0 saturated carbocycles. The zero-order valence-electron chi connectivity index (χ0n) is 14.2. The van der Waals surface area contributed by atoms with Crippen LogP contribution in [0.15, 0.2) is 12.1 Å². The molecule has 1 aromatic carbocycles. The van der Waals surface area contributed by atoms with Crippen molar-refractivity contribution >= 4 is 0 Å². The number of ether oxygens (including phenoxy) is 1. The highest BCUT2D eigenvalue weighted by Crippen LogP contribution is 2.30. The summed E-state index contributed by atoms with van der Waals surface area (Å²) in [6.45, 7) is 7.64. The average molecular weight is 291 g/mol. The summed E-state index contributed by atoms with van der Waals surface area (Å²) >= 11 is 0. The molecule has 4 heteroatoms. The number of nitrogens with zero attached hydrogens (tertiary/aromatic N) is 2. The van der Waals surface area contributed by atoms with Crippen molar-refractivity contribution in [3.05, 3.63) is 28.8 Å². The van der Waals surface area contributed by atoms with Gasteiger partial charge in [-0.05, 0) is 57.7 Å². The molecule has 1 heterocycles. The van der Waals surface area contributed by atoms with E-state index >= 15 is 0 Å². The van der Waals surface area contributed by atoms with Crippen LogP contribution in [0.2, 0.25) is 0 Å². The zero-order chi connectivity index (χ0) is 15.6. The van der Waals surface area contributed by atoms with Crippen LogP contribution in [0, 0.1) is 13.8 Å². The summed E-state index contributed by atoms with van der Waals surface area (Å²) in [6.07, 6.45) is 0. The minimum Gasteiger partial charge on any atom is -0.496 e. The summed E-state index contributed by atoms with van der Waals surface area (Å²) in [5, 5.41) is 3.54. The van der Waals surface area contributed by atoms with E-state index in [-0.39, 0.29) is 0 Å². The Morgan fingerprint density at radius 1 is 1.19 bits per heavy atom. The Kier molecular flexibility index (Phi) is 5.25. The van der Waals surface area contributed by atoms with E-state index in [1.807, 2.05) is 0 Å². The van der Waals surface area contributed by atoms with Crippen molar-refractivity contribution in [3.63, 3.8) is 0 Å². The molecule has 1 aliphatic rings. The van der Waals surface area contributed by atoms with E-state index in [2.05, 4.69) is 62.2 Å². The van der Waals surface area contributed by atoms with Gasteiger partial charge in [0.05, 0.1) is 7.11 Å². The zero-order valence-corrected chi connectivity index (χ0v) is 14.2. The Hall–Kier alpha value is -1.10. The fourth-order valence-electron chi connectivity index (χ4n) is 3.33. The van der Waals surface area contributed by atoms with Crippen LogP contribution < -0.4 is 10.1 Å². The highest BCUT2D eigenvalue weighted by Gasteiger charge is 2.31. The van der Waals surface area contributed by atoms with Crippen molar-refractivity contribution in [3.8, 4) is 5.75 Å². The van der Waals surface area contributed by atoms with Gasteiger partial charge >= 0.3 is 0 Å². The molecular weight excluding hydrogens is 262 g/mol. The number of methoxy groups -OCH3 is 1. The van der Waals surface area contributed by atoms with E-state index < -0.39 is 0 Å². The van der Waals surface area contributed by atoms with Crippen LogP contribution in [0.1, 0.15) is 22.7 Å². The smallest absolute Gasteiger partial charge is 0.122 e. The molecule has 2 rings (SSSR count). The predicted octanol–water partition coefficient (Wildman–Crippen LogP) is 1.82. The first-order valence-electron chi connectivity index (χ1n) is 7.69. The number of piperazine rings is 1. The molecule has 1 fully saturated rings. The third kappa shape index (κ3) is 3.39. The molecule has 1 aromatic rings. The highest BCUT2D eigenvalue weighted by molar-refractivity contribution is 5.43. The molecule has 0 aliphatic carbocycles. The first-order valence-corrected chi connectivity index (χ1v) is 7.69. The Morgan fingerprint density at radius 3 is 2.52 bits per heavy atom. The SMILES string of the molecule is CNC(c1cc(C)c(OC)cc1C)C1CN(C)CCN1C. The van der Waals surface area contributed by atoms with Crippen molar-refractivity contribution in [1.82, 2.24) is 15.1 Å². The summed E-state index contributed by atoms with van der Waals surface area (Å²) in [5.74, 6) is 0.972. The van der Waals surface area contributed by atoms with Gasteiger partial charge in [0.2, 0.25) is 0 Å². The van der Waals surface area contributed by atoms with Gasteiger partial charge < -0.3 is 15.0 Å². The molecule has 0 radical (unpaired) electrons. The van der Waals surface area contributed by atoms with Crippen LogP contribution in [0.3, 0.4) is 0 Å². The van der Waals surface area contributed by atoms with Gasteiger partial charge in [0.1, 0.15) is 5.75 Å². The monoisotopic (exact) mass is 291 g/mol. The molecule has 2 unspecified atom stereocenters. The second-order valence-corrected chi connectivity index (χ2v) is 6.25. The summed E-state index contributed by atoms with van der Waals surface area (Å²) < 4.78 is 5.44. The Labute approximate surface area is 129 Å². The fraction of sp³-hybridized carbons (Fsp3) is 0.647. The normalized spacial score (nSPS) is 22.3. The van der Waals surface area contributed by atoms with Crippen LogP contribution in [0.4, 0.5) is 0 Å². The van der Waals surface area contributed by atoms with Gasteiger partial charge in [-0.15, -0.1) is 0 Å². The number of rotatable bonds is 4. The van der Waals surface area contributed by atoms with Crippen molar-refractivity contribution in [2.75, 3.05) is 47.9 Å². The van der Waals surface area contributed by atoms with E-state index in [1.54, 1.807) is 7.11 Å². The summed E-state index contributed by atoms with van der Waals surface area (Å²) in [7, 11) is 8.24. The molecule has 1 aliphatic heterocycles. The van der Waals surface area contributed by atoms with Crippen molar-refractivity contribution in [1.29, 1.82) is 0 Å².